The summed E-state index contributed by atoms with van der Waals surface area (Å²) in [6.07, 6.45) is 0. The zero-order chi connectivity index (χ0) is 26.8. The minimum atomic E-state index is -0.598. The van der Waals surface area contributed by atoms with Gasteiger partial charge in [-0.25, -0.2) is 14.3 Å². The normalized spacial score (nSPS) is 10.9. The van der Waals surface area contributed by atoms with Crippen LogP contribution in [-0.2, 0) is 4.74 Å². The van der Waals surface area contributed by atoms with Crippen LogP contribution >= 0.6 is 11.3 Å². The molecule has 38 heavy (non-hydrogen) atoms. The van der Waals surface area contributed by atoms with Crippen LogP contribution in [-0.4, -0.2) is 38.9 Å². The predicted octanol–water partition coefficient (Wildman–Crippen LogP) is 6.06. The van der Waals surface area contributed by atoms with Crippen molar-refractivity contribution in [2.24, 2.45) is 0 Å². The third-order valence-corrected chi connectivity index (χ3v) is 7.28. The molecule has 0 fully saturated rings. The van der Waals surface area contributed by atoms with E-state index in [0.717, 1.165) is 33.9 Å². The highest BCUT2D eigenvalue weighted by atomic mass is 32.1. The van der Waals surface area contributed by atoms with Gasteiger partial charge in [0.2, 0.25) is 0 Å². The van der Waals surface area contributed by atoms with Gasteiger partial charge in [-0.3, -0.25) is 9.59 Å². The molecule has 2 aromatic carbocycles. The van der Waals surface area contributed by atoms with E-state index in [2.05, 4.69) is 10.4 Å². The van der Waals surface area contributed by atoms with Gasteiger partial charge in [0.1, 0.15) is 5.00 Å². The fourth-order valence-corrected chi connectivity index (χ4v) is 5.30. The molecule has 0 unspecified atom stereocenters. The van der Waals surface area contributed by atoms with E-state index in [-0.39, 0.29) is 28.6 Å². The van der Waals surface area contributed by atoms with E-state index in [1.807, 2.05) is 66.7 Å². The lowest BCUT2D eigenvalue weighted by atomic mass is 10.1. The number of thiophene rings is 1. The molecule has 5 rings (SSSR count). The van der Waals surface area contributed by atoms with Crippen molar-refractivity contribution < 1.29 is 19.1 Å². The maximum atomic E-state index is 13.4. The smallest absolute Gasteiger partial charge is 0.341 e. The molecule has 3 heterocycles. The molecule has 0 saturated carbocycles. The Kier molecular flexibility index (Phi) is 6.85. The van der Waals surface area contributed by atoms with Crippen molar-refractivity contribution in [3.8, 4) is 22.5 Å². The Labute approximate surface area is 222 Å². The third kappa shape index (κ3) is 4.71. The Morgan fingerprint density at radius 2 is 1.63 bits per heavy atom. The lowest BCUT2D eigenvalue weighted by molar-refractivity contribution is 0.0527. The summed E-state index contributed by atoms with van der Waals surface area (Å²) in [5.74, 6) is -1.33. The van der Waals surface area contributed by atoms with Gasteiger partial charge in [-0.15, -0.1) is 11.3 Å². The Balaban J connectivity index is 1.59. The first-order valence-electron chi connectivity index (χ1n) is 12.0. The summed E-state index contributed by atoms with van der Waals surface area (Å²) in [4.78, 5) is 43.3. The number of carbonyl (C=O) groups excluding carboxylic acids is 3. The maximum Gasteiger partial charge on any atom is 0.341 e. The molecule has 190 valence electrons. The number of esters is 1. The molecule has 0 saturated heterocycles. The third-order valence-electron chi connectivity index (χ3n) is 5.97. The van der Waals surface area contributed by atoms with Gasteiger partial charge < -0.3 is 10.1 Å². The van der Waals surface area contributed by atoms with Crippen molar-refractivity contribution in [2.75, 3.05) is 11.9 Å². The van der Waals surface area contributed by atoms with Crippen LogP contribution in [0, 0.1) is 6.92 Å². The minimum Gasteiger partial charge on any atom is -0.462 e. The zero-order valence-electron chi connectivity index (χ0n) is 21.0. The van der Waals surface area contributed by atoms with Gasteiger partial charge in [-0.1, -0.05) is 60.7 Å². The summed E-state index contributed by atoms with van der Waals surface area (Å²) in [5.41, 5.74) is 4.62. The van der Waals surface area contributed by atoms with Gasteiger partial charge in [-0.2, -0.15) is 5.10 Å². The van der Waals surface area contributed by atoms with Crippen LogP contribution < -0.4 is 5.32 Å². The van der Waals surface area contributed by atoms with E-state index in [1.165, 1.54) is 6.92 Å². The SMILES string of the molecule is CCOC(=O)c1c(NC(=O)c2cc3nc(-c4ccccc4)cc(-c4ccccc4)n3n2)sc(C(C)=O)c1C. The van der Waals surface area contributed by atoms with Gasteiger partial charge in [0.15, 0.2) is 17.1 Å². The number of benzene rings is 2. The molecular weight excluding hydrogens is 500 g/mol. The number of Topliss-reactive ketones (excluding diaryl/α,β-unsaturated/α-hetero) is 1. The first-order chi connectivity index (χ1) is 18.4. The molecule has 0 aliphatic heterocycles. The highest BCUT2D eigenvalue weighted by Gasteiger charge is 2.26. The molecule has 5 aromatic rings. The van der Waals surface area contributed by atoms with Crippen molar-refractivity contribution in [2.45, 2.75) is 20.8 Å². The summed E-state index contributed by atoms with van der Waals surface area (Å²) < 4.78 is 6.80. The van der Waals surface area contributed by atoms with Crippen LogP contribution in [0.25, 0.3) is 28.2 Å². The van der Waals surface area contributed by atoms with E-state index in [0.29, 0.717) is 16.1 Å². The van der Waals surface area contributed by atoms with Crippen LogP contribution in [0.4, 0.5) is 5.00 Å². The number of ketones is 1. The summed E-state index contributed by atoms with van der Waals surface area (Å²) in [5, 5.41) is 7.58. The van der Waals surface area contributed by atoms with E-state index >= 15 is 0 Å². The molecule has 1 N–H and O–H groups in total. The second-order valence-electron chi connectivity index (χ2n) is 8.55. The van der Waals surface area contributed by atoms with E-state index in [1.54, 1.807) is 24.4 Å². The number of rotatable bonds is 7. The Morgan fingerprint density at radius 1 is 0.974 bits per heavy atom. The molecule has 0 spiro atoms. The quantitative estimate of drug-likeness (QED) is 0.205. The van der Waals surface area contributed by atoms with Crippen molar-refractivity contribution in [1.29, 1.82) is 0 Å². The number of anilines is 1. The van der Waals surface area contributed by atoms with E-state index in [4.69, 9.17) is 9.72 Å². The molecule has 0 radical (unpaired) electrons. The van der Waals surface area contributed by atoms with Crippen molar-refractivity contribution in [3.63, 3.8) is 0 Å². The highest BCUT2D eigenvalue weighted by molar-refractivity contribution is 7.18. The number of nitrogens with one attached hydrogen (secondary N) is 1. The molecule has 3 aromatic heterocycles. The molecule has 9 heteroatoms. The summed E-state index contributed by atoms with van der Waals surface area (Å²) in [6, 6.07) is 23.0. The van der Waals surface area contributed by atoms with Crippen LogP contribution in [0.5, 0.6) is 0 Å². The topological polar surface area (TPSA) is 103 Å². The highest BCUT2D eigenvalue weighted by Crippen LogP contribution is 2.34. The Hall–Kier alpha value is -4.63. The summed E-state index contributed by atoms with van der Waals surface area (Å²) in [7, 11) is 0. The average Bonchev–Trinajstić information content (AvgIpc) is 3.50. The molecule has 8 nitrogen and oxygen atoms in total. The van der Waals surface area contributed by atoms with Crippen molar-refractivity contribution in [1.82, 2.24) is 14.6 Å². The number of aromatic nitrogens is 3. The van der Waals surface area contributed by atoms with Crippen LogP contribution in [0.3, 0.4) is 0 Å². The number of ether oxygens (including phenoxy) is 1. The van der Waals surface area contributed by atoms with Gasteiger partial charge >= 0.3 is 5.97 Å². The number of nitrogens with zero attached hydrogens (tertiary/aromatic N) is 3. The Bertz CT molecular complexity index is 1670. The summed E-state index contributed by atoms with van der Waals surface area (Å²) >= 11 is 1.05. The van der Waals surface area contributed by atoms with Crippen LogP contribution in [0.2, 0.25) is 0 Å². The fraction of sp³-hybridized carbons (Fsp3) is 0.138. The number of fused-ring (bicyclic) bond motifs is 1. The molecule has 0 aliphatic carbocycles. The number of hydrogen-bond donors (Lipinski definition) is 1. The lowest BCUT2D eigenvalue weighted by Gasteiger charge is -2.08. The van der Waals surface area contributed by atoms with Crippen LogP contribution in [0.15, 0.2) is 72.8 Å². The molecular formula is C29H24N4O4S. The zero-order valence-corrected chi connectivity index (χ0v) is 21.8. The monoisotopic (exact) mass is 524 g/mol. The van der Waals surface area contributed by atoms with Gasteiger partial charge in [0.25, 0.3) is 5.91 Å². The van der Waals surface area contributed by atoms with E-state index in [9.17, 15) is 14.4 Å². The molecule has 1 amide bonds. The first kappa shape index (κ1) is 25.0. The second-order valence-corrected chi connectivity index (χ2v) is 9.57. The fourth-order valence-electron chi connectivity index (χ4n) is 4.21. The van der Waals surface area contributed by atoms with Gasteiger partial charge in [0, 0.05) is 17.2 Å². The second kappa shape index (κ2) is 10.4. The van der Waals surface area contributed by atoms with Gasteiger partial charge in [-0.05, 0) is 32.4 Å². The molecule has 0 aliphatic rings. The number of carbonyl (C=O) groups is 3. The standard InChI is InChI=1S/C29H24N4O4S/c1-4-37-29(36)25-17(2)26(18(3)34)38-28(25)31-27(35)22-16-24-30-21(19-11-7-5-8-12-19)15-23(33(24)32-22)20-13-9-6-10-14-20/h5-16H,4H2,1-3H3,(H,31,35). The van der Waals surface area contributed by atoms with Crippen LogP contribution in [0.1, 0.15) is 49.9 Å². The predicted molar refractivity (Wildman–Crippen MR) is 147 cm³/mol. The number of amides is 1. The van der Waals surface area contributed by atoms with Crippen molar-refractivity contribution >= 4 is 39.6 Å². The Morgan fingerprint density at radius 3 is 2.26 bits per heavy atom. The maximum absolute atomic E-state index is 13.4. The largest absolute Gasteiger partial charge is 0.462 e. The average molecular weight is 525 g/mol. The molecule has 0 bridgehead atoms. The lowest BCUT2D eigenvalue weighted by Crippen LogP contribution is -2.15. The van der Waals surface area contributed by atoms with Crippen molar-refractivity contribution in [3.05, 3.63) is 94.5 Å². The molecule has 0 atom stereocenters. The first-order valence-corrected chi connectivity index (χ1v) is 12.8. The summed E-state index contributed by atoms with van der Waals surface area (Å²) in [6.45, 7) is 4.95. The van der Waals surface area contributed by atoms with Gasteiger partial charge in [0.05, 0.1) is 28.4 Å². The minimum absolute atomic E-state index is 0.116. The van der Waals surface area contributed by atoms with E-state index < -0.39 is 11.9 Å². The number of hydrogen-bond acceptors (Lipinski definition) is 7.